The molecule has 1 aliphatic rings. The highest BCUT2D eigenvalue weighted by Crippen LogP contribution is 2.61. The number of hydrogen-bond acceptors (Lipinski definition) is 6. The van der Waals surface area contributed by atoms with Crippen LogP contribution in [0.4, 0.5) is 0 Å². The molecule has 0 aliphatic heterocycles. The zero-order chi connectivity index (χ0) is 17.2. The zero-order valence-corrected chi connectivity index (χ0v) is 13.7. The van der Waals surface area contributed by atoms with Crippen molar-refractivity contribution in [1.82, 2.24) is 0 Å². The summed E-state index contributed by atoms with van der Waals surface area (Å²) in [6.07, 6.45) is 0.526. The van der Waals surface area contributed by atoms with Crippen LogP contribution in [-0.2, 0) is 30.3 Å². The Balaban J connectivity index is 2.46. The SMILES string of the molecule is COC(=O)C1(C(=O)OC)CC1c1cc(OC)ccc1CC(C)=O. The molecule has 6 nitrogen and oxygen atoms in total. The third-order valence-corrected chi connectivity index (χ3v) is 4.23. The lowest BCUT2D eigenvalue weighted by molar-refractivity contribution is -0.161. The van der Waals surface area contributed by atoms with Gasteiger partial charge in [0, 0.05) is 12.3 Å². The molecule has 0 bridgehead atoms. The summed E-state index contributed by atoms with van der Waals surface area (Å²) in [6, 6.07) is 5.30. The molecule has 0 heterocycles. The van der Waals surface area contributed by atoms with Gasteiger partial charge in [0.2, 0.25) is 0 Å². The van der Waals surface area contributed by atoms with E-state index in [-0.39, 0.29) is 18.1 Å². The van der Waals surface area contributed by atoms with Crippen LogP contribution in [0.15, 0.2) is 18.2 Å². The standard InChI is InChI=1S/C17H20O6/c1-10(18)7-11-5-6-12(21-2)8-13(11)14-9-17(14,15(19)22-3)16(20)23-4/h5-6,8,14H,7,9H2,1-4H3. The molecule has 1 aromatic carbocycles. The molecular formula is C17H20O6. The van der Waals surface area contributed by atoms with Gasteiger partial charge in [-0.25, -0.2) is 0 Å². The Morgan fingerprint density at radius 3 is 2.22 bits per heavy atom. The van der Waals surface area contributed by atoms with Crippen molar-refractivity contribution in [3.05, 3.63) is 29.3 Å². The lowest BCUT2D eigenvalue weighted by Gasteiger charge is -2.15. The minimum absolute atomic E-state index is 0.00111. The van der Waals surface area contributed by atoms with Crippen LogP contribution in [0.3, 0.4) is 0 Å². The molecule has 1 aromatic rings. The van der Waals surface area contributed by atoms with Gasteiger partial charge in [-0.1, -0.05) is 6.07 Å². The van der Waals surface area contributed by atoms with Gasteiger partial charge in [-0.05, 0) is 36.6 Å². The largest absolute Gasteiger partial charge is 0.497 e. The van der Waals surface area contributed by atoms with Gasteiger partial charge in [0.25, 0.3) is 0 Å². The summed E-state index contributed by atoms with van der Waals surface area (Å²) < 4.78 is 14.8. The average Bonchev–Trinajstić information content (AvgIpc) is 3.29. The summed E-state index contributed by atoms with van der Waals surface area (Å²) in [5, 5.41) is 0. The van der Waals surface area contributed by atoms with Gasteiger partial charge in [-0.2, -0.15) is 0 Å². The van der Waals surface area contributed by atoms with E-state index in [1.165, 1.54) is 28.3 Å². The van der Waals surface area contributed by atoms with Crippen molar-refractivity contribution in [3.63, 3.8) is 0 Å². The molecule has 1 unspecified atom stereocenters. The summed E-state index contributed by atoms with van der Waals surface area (Å²) in [5.41, 5.74) is 0.190. The Bertz CT molecular complexity index is 632. The van der Waals surface area contributed by atoms with Gasteiger partial charge in [-0.3, -0.25) is 14.4 Å². The first-order valence-corrected chi connectivity index (χ1v) is 7.23. The molecule has 0 N–H and O–H groups in total. The maximum atomic E-state index is 12.1. The first-order chi connectivity index (χ1) is 10.9. The molecule has 6 heteroatoms. The van der Waals surface area contributed by atoms with Crippen molar-refractivity contribution < 1.29 is 28.6 Å². The molecule has 0 radical (unpaired) electrons. The predicted octanol–water partition coefficient (Wildman–Crippen LogP) is 1.65. The Morgan fingerprint density at radius 2 is 1.74 bits per heavy atom. The minimum atomic E-state index is -1.33. The van der Waals surface area contributed by atoms with E-state index < -0.39 is 17.4 Å². The van der Waals surface area contributed by atoms with E-state index in [0.29, 0.717) is 12.2 Å². The van der Waals surface area contributed by atoms with Crippen LogP contribution in [0.5, 0.6) is 5.75 Å². The molecule has 0 aromatic heterocycles. The first kappa shape index (κ1) is 17.0. The lowest BCUT2D eigenvalue weighted by atomic mass is 9.93. The first-order valence-electron chi connectivity index (χ1n) is 7.23. The molecule has 23 heavy (non-hydrogen) atoms. The van der Waals surface area contributed by atoms with Crippen LogP contribution in [-0.4, -0.2) is 39.1 Å². The fourth-order valence-corrected chi connectivity index (χ4v) is 2.99. The van der Waals surface area contributed by atoms with Crippen LogP contribution in [0, 0.1) is 5.41 Å². The smallest absolute Gasteiger partial charge is 0.323 e. The highest BCUT2D eigenvalue weighted by molar-refractivity contribution is 6.05. The van der Waals surface area contributed by atoms with Gasteiger partial charge in [0.1, 0.15) is 11.5 Å². The second-order valence-electron chi connectivity index (χ2n) is 5.65. The number of carbonyl (C=O) groups excluding carboxylic acids is 3. The third-order valence-electron chi connectivity index (χ3n) is 4.23. The van der Waals surface area contributed by atoms with Crippen molar-refractivity contribution in [2.45, 2.75) is 25.7 Å². The van der Waals surface area contributed by atoms with Crippen LogP contribution < -0.4 is 4.74 Å². The second-order valence-corrected chi connectivity index (χ2v) is 5.65. The van der Waals surface area contributed by atoms with Crippen LogP contribution >= 0.6 is 0 Å². The van der Waals surface area contributed by atoms with E-state index in [9.17, 15) is 14.4 Å². The molecule has 2 rings (SSSR count). The third kappa shape index (κ3) is 2.93. The number of hydrogen-bond donors (Lipinski definition) is 0. The van der Waals surface area contributed by atoms with E-state index in [4.69, 9.17) is 14.2 Å². The predicted molar refractivity (Wildman–Crippen MR) is 81.2 cm³/mol. The Kier molecular flexibility index (Phi) is 4.73. The van der Waals surface area contributed by atoms with Crippen LogP contribution in [0.25, 0.3) is 0 Å². The van der Waals surface area contributed by atoms with Gasteiger partial charge >= 0.3 is 11.9 Å². The maximum absolute atomic E-state index is 12.1. The number of benzene rings is 1. The number of Topliss-reactive ketones (excluding diaryl/α,β-unsaturated/α-hetero) is 1. The second kappa shape index (κ2) is 6.40. The van der Waals surface area contributed by atoms with Crippen LogP contribution in [0.1, 0.15) is 30.4 Å². The Labute approximate surface area is 134 Å². The lowest BCUT2D eigenvalue weighted by Crippen LogP contribution is -2.30. The van der Waals surface area contributed by atoms with E-state index in [0.717, 1.165) is 11.1 Å². The van der Waals surface area contributed by atoms with Crippen LogP contribution in [0.2, 0.25) is 0 Å². The topological polar surface area (TPSA) is 78.9 Å². The summed E-state index contributed by atoms with van der Waals surface area (Å²) >= 11 is 0. The van der Waals surface area contributed by atoms with E-state index in [1.807, 2.05) is 0 Å². The van der Waals surface area contributed by atoms with Gasteiger partial charge in [0.15, 0.2) is 5.41 Å². The van der Waals surface area contributed by atoms with Crippen molar-refractivity contribution in [2.24, 2.45) is 5.41 Å². The summed E-state index contributed by atoms with van der Waals surface area (Å²) in [5.74, 6) is -1.02. The van der Waals surface area contributed by atoms with E-state index >= 15 is 0 Å². The summed E-state index contributed by atoms with van der Waals surface area (Å²) in [6.45, 7) is 1.49. The fourth-order valence-electron chi connectivity index (χ4n) is 2.99. The molecule has 1 fully saturated rings. The molecular weight excluding hydrogens is 300 g/mol. The van der Waals surface area contributed by atoms with Crippen molar-refractivity contribution >= 4 is 17.7 Å². The number of esters is 2. The van der Waals surface area contributed by atoms with Crippen molar-refractivity contribution in [3.8, 4) is 5.75 Å². The van der Waals surface area contributed by atoms with E-state index in [1.54, 1.807) is 18.2 Å². The highest BCUT2D eigenvalue weighted by atomic mass is 16.5. The number of ketones is 1. The van der Waals surface area contributed by atoms with Gasteiger partial charge in [0.05, 0.1) is 21.3 Å². The van der Waals surface area contributed by atoms with Crippen molar-refractivity contribution in [1.29, 1.82) is 0 Å². The summed E-state index contributed by atoms with van der Waals surface area (Å²) in [7, 11) is 4.01. The van der Waals surface area contributed by atoms with Gasteiger partial charge in [-0.15, -0.1) is 0 Å². The molecule has 1 aliphatic carbocycles. The normalized spacial score (nSPS) is 18.0. The maximum Gasteiger partial charge on any atom is 0.323 e. The average molecular weight is 320 g/mol. The monoisotopic (exact) mass is 320 g/mol. The number of ether oxygens (including phenoxy) is 3. The van der Waals surface area contributed by atoms with E-state index in [2.05, 4.69) is 0 Å². The number of methoxy groups -OCH3 is 3. The van der Waals surface area contributed by atoms with Gasteiger partial charge < -0.3 is 14.2 Å². The van der Waals surface area contributed by atoms with Crippen molar-refractivity contribution in [2.75, 3.05) is 21.3 Å². The Morgan fingerprint density at radius 1 is 1.13 bits per heavy atom. The number of rotatable bonds is 6. The summed E-state index contributed by atoms with van der Waals surface area (Å²) in [4.78, 5) is 35.8. The molecule has 0 amide bonds. The quantitative estimate of drug-likeness (QED) is 0.586. The fraction of sp³-hybridized carbons (Fsp3) is 0.471. The molecule has 0 saturated heterocycles. The minimum Gasteiger partial charge on any atom is -0.497 e. The molecule has 0 spiro atoms. The molecule has 124 valence electrons. The molecule has 1 atom stereocenters. The zero-order valence-electron chi connectivity index (χ0n) is 13.7. The number of carbonyl (C=O) groups is 3. The molecule has 1 saturated carbocycles. The Hall–Kier alpha value is -2.37. The highest BCUT2D eigenvalue weighted by Gasteiger charge is 2.68.